The van der Waals surface area contributed by atoms with Crippen LogP contribution in [0.25, 0.3) is 22.3 Å². The first-order valence-electron chi connectivity index (χ1n) is 13.8. The molecule has 5 aromatic carbocycles. The summed E-state index contributed by atoms with van der Waals surface area (Å²) in [7, 11) is 0. The molecule has 0 spiro atoms. The molecule has 41 heavy (non-hydrogen) atoms. The monoisotopic (exact) mass is 544 g/mol. The van der Waals surface area contributed by atoms with E-state index in [0.29, 0.717) is 11.1 Å². The summed E-state index contributed by atoms with van der Waals surface area (Å²) in [5.41, 5.74) is 11.3. The molecule has 0 saturated heterocycles. The fourth-order valence-electron chi connectivity index (χ4n) is 5.53. The topological polar surface area (TPSA) is 80.9 Å². The number of rotatable bonds is 5. The summed E-state index contributed by atoms with van der Waals surface area (Å²) >= 11 is 0. The van der Waals surface area contributed by atoms with Crippen molar-refractivity contribution in [2.45, 2.75) is 47.5 Å². The molecule has 0 amide bonds. The predicted octanol–water partition coefficient (Wildman–Crippen LogP) is 8.87. The summed E-state index contributed by atoms with van der Waals surface area (Å²) in [5, 5.41) is 43.3. The van der Waals surface area contributed by atoms with E-state index in [-0.39, 0.29) is 23.0 Å². The minimum atomic E-state index is -0.469. The first-order valence-corrected chi connectivity index (χ1v) is 13.8. The average molecular weight is 545 g/mol. The molecular weight excluding hydrogens is 508 g/mol. The van der Waals surface area contributed by atoms with E-state index in [0.717, 1.165) is 61.2 Å². The molecule has 4 N–H and O–H groups in total. The number of hydrogen-bond donors (Lipinski definition) is 4. The summed E-state index contributed by atoms with van der Waals surface area (Å²) in [6, 6.07) is 25.1. The third-order valence-corrected chi connectivity index (χ3v) is 8.21. The minimum Gasteiger partial charge on any atom is -0.508 e. The van der Waals surface area contributed by atoms with Crippen LogP contribution < -0.4 is 0 Å². The van der Waals surface area contributed by atoms with Gasteiger partial charge in [0, 0.05) is 17.0 Å². The van der Waals surface area contributed by atoms with Crippen LogP contribution in [0.2, 0.25) is 0 Å². The second-order valence-corrected chi connectivity index (χ2v) is 11.2. The second-order valence-electron chi connectivity index (χ2n) is 11.2. The molecule has 0 aliphatic heterocycles. The predicted molar refractivity (Wildman–Crippen MR) is 166 cm³/mol. The first kappa shape index (κ1) is 27.9. The quantitative estimate of drug-likeness (QED) is 0.167. The molecule has 5 aromatic rings. The van der Waals surface area contributed by atoms with Gasteiger partial charge in [0.25, 0.3) is 0 Å². The summed E-state index contributed by atoms with van der Waals surface area (Å²) in [6.07, 6.45) is 0. The maximum absolute atomic E-state index is 11.5. The van der Waals surface area contributed by atoms with Gasteiger partial charge in [-0.3, -0.25) is 0 Å². The molecule has 0 bridgehead atoms. The lowest BCUT2D eigenvalue weighted by Gasteiger charge is -2.25. The highest BCUT2D eigenvalue weighted by atomic mass is 16.3. The zero-order valence-corrected chi connectivity index (χ0v) is 24.4. The van der Waals surface area contributed by atoms with E-state index in [1.807, 2.05) is 76.2 Å². The van der Waals surface area contributed by atoms with E-state index in [2.05, 4.69) is 32.0 Å². The zero-order valence-electron chi connectivity index (χ0n) is 24.4. The van der Waals surface area contributed by atoms with E-state index in [9.17, 15) is 20.4 Å². The first-order chi connectivity index (χ1) is 19.4. The standard InChI is InChI=1S/C37H36O4/c1-20-7-8-28(13-21(20)2)35(31-18-29(16-24(5)36(31)40)26-9-11-33(38)22(3)14-26)32-19-30(17-25(6)37(32)41)27-10-12-34(39)23(4)15-27/h7-19,35,38-41H,1-6H3. The van der Waals surface area contributed by atoms with E-state index >= 15 is 0 Å². The number of phenols is 4. The van der Waals surface area contributed by atoms with Gasteiger partial charge >= 0.3 is 0 Å². The number of aromatic hydroxyl groups is 4. The molecule has 0 fully saturated rings. The van der Waals surface area contributed by atoms with Crippen molar-refractivity contribution >= 4 is 0 Å². The van der Waals surface area contributed by atoms with Crippen LogP contribution in [0, 0.1) is 41.5 Å². The van der Waals surface area contributed by atoms with Crippen molar-refractivity contribution in [3.63, 3.8) is 0 Å². The summed E-state index contributed by atoms with van der Waals surface area (Å²) < 4.78 is 0. The maximum Gasteiger partial charge on any atom is 0.122 e. The van der Waals surface area contributed by atoms with Crippen molar-refractivity contribution in [1.82, 2.24) is 0 Å². The summed E-state index contributed by atoms with van der Waals surface area (Å²) in [6.45, 7) is 11.6. The van der Waals surface area contributed by atoms with Crippen molar-refractivity contribution < 1.29 is 20.4 Å². The number of aryl methyl sites for hydroxylation is 6. The highest BCUT2D eigenvalue weighted by molar-refractivity contribution is 5.73. The van der Waals surface area contributed by atoms with E-state index in [1.54, 1.807) is 12.1 Å². The van der Waals surface area contributed by atoms with Crippen LogP contribution >= 0.6 is 0 Å². The fraction of sp³-hybridized carbons (Fsp3) is 0.189. The number of phenolic OH excluding ortho intramolecular Hbond substituents is 4. The lowest BCUT2D eigenvalue weighted by atomic mass is 9.80. The van der Waals surface area contributed by atoms with Crippen molar-refractivity contribution in [2.75, 3.05) is 0 Å². The van der Waals surface area contributed by atoms with Crippen molar-refractivity contribution in [1.29, 1.82) is 0 Å². The molecule has 0 radical (unpaired) electrons. The van der Waals surface area contributed by atoms with Gasteiger partial charge in [-0.1, -0.05) is 30.3 Å². The molecule has 0 heterocycles. The van der Waals surface area contributed by atoms with Crippen LogP contribution in [0.5, 0.6) is 23.0 Å². The molecule has 208 valence electrons. The number of benzene rings is 5. The van der Waals surface area contributed by atoms with E-state index in [1.165, 1.54) is 0 Å². The van der Waals surface area contributed by atoms with Gasteiger partial charge in [-0.05, 0) is 151 Å². The highest BCUT2D eigenvalue weighted by Crippen LogP contribution is 2.46. The Morgan fingerprint density at radius 2 is 0.829 bits per heavy atom. The third kappa shape index (κ3) is 5.26. The highest BCUT2D eigenvalue weighted by Gasteiger charge is 2.27. The smallest absolute Gasteiger partial charge is 0.122 e. The van der Waals surface area contributed by atoms with Crippen LogP contribution in [0.1, 0.15) is 56.0 Å². The summed E-state index contributed by atoms with van der Waals surface area (Å²) in [4.78, 5) is 0. The zero-order chi connectivity index (χ0) is 29.6. The van der Waals surface area contributed by atoms with Gasteiger partial charge < -0.3 is 20.4 Å². The van der Waals surface area contributed by atoms with E-state index in [4.69, 9.17) is 0 Å². The van der Waals surface area contributed by atoms with Crippen LogP contribution in [0.15, 0.2) is 78.9 Å². The normalized spacial score (nSPS) is 11.3. The lowest BCUT2D eigenvalue weighted by Crippen LogP contribution is -2.07. The second kappa shape index (κ2) is 10.7. The minimum absolute atomic E-state index is 0.176. The Morgan fingerprint density at radius 1 is 0.390 bits per heavy atom. The Balaban J connectivity index is 1.80. The van der Waals surface area contributed by atoms with Crippen molar-refractivity contribution in [3.8, 4) is 45.3 Å². The Bertz CT molecular complexity index is 1690. The molecular formula is C37H36O4. The molecule has 0 aliphatic rings. The lowest BCUT2D eigenvalue weighted by molar-refractivity contribution is 0.454. The molecule has 4 heteroatoms. The van der Waals surface area contributed by atoms with Crippen LogP contribution in [0.3, 0.4) is 0 Å². The molecule has 0 saturated carbocycles. The molecule has 5 rings (SSSR count). The largest absolute Gasteiger partial charge is 0.508 e. The average Bonchev–Trinajstić information content (AvgIpc) is 2.93. The van der Waals surface area contributed by atoms with Crippen LogP contribution in [-0.2, 0) is 0 Å². The van der Waals surface area contributed by atoms with Gasteiger partial charge in [0.2, 0.25) is 0 Å². The third-order valence-electron chi connectivity index (χ3n) is 8.21. The molecule has 0 unspecified atom stereocenters. The molecule has 0 atom stereocenters. The van der Waals surface area contributed by atoms with Gasteiger partial charge in [-0.2, -0.15) is 0 Å². The Kier molecular flexibility index (Phi) is 7.27. The van der Waals surface area contributed by atoms with Gasteiger partial charge in [-0.25, -0.2) is 0 Å². The summed E-state index contributed by atoms with van der Waals surface area (Å²) in [5.74, 6) is 0.354. The van der Waals surface area contributed by atoms with Crippen molar-refractivity contribution in [2.24, 2.45) is 0 Å². The van der Waals surface area contributed by atoms with Gasteiger partial charge in [0.05, 0.1) is 0 Å². The van der Waals surface area contributed by atoms with Crippen molar-refractivity contribution in [3.05, 3.63) is 129 Å². The van der Waals surface area contributed by atoms with Crippen LogP contribution in [0.4, 0.5) is 0 Å². The van der Waals surface area contributed by atoms with Gasteiger partial charge in [0.15, 0.2) is 0 Å². The molecule has 0 aromatic heterocycles. The fourth-order valence-corrected chi connectivity index (χ4v) is 5.53. The molecule has 0 aliphatic carbocycles. The van der Waals surface area contributed by atoms with Crippen LogP contribution in [-0.4, -0.2) is 20.4 Å². The SMILES string of the molecule is Cc1ccc(C(c2cc(-c3ccc(O)c(C)c3)cc(C)c2O)c2cc(-c3ccc(O)c(C)c3)cc(C)c2O)cc1C. The number of hydrogen-bond acceptors (Lipinski definition) is 4. The van der Waals surface area contributed by atoms with E-state index < -0.39 is 5.92 Å². The Morgan fingerprint density at radius 3 is 1.24 bits per heavy atom. The Hall–Kier alpha value is -4.70. The molecule has 4 nitrogen and oxygen atoms in total. The van der Waals surface area contributed by atoms with Gasteiger partial charge in [0.1, 0.15) is 23.0 Å². The van der Waals surface area contributed by atoms with Gasteiger partial charge in [-0.15, -0.1) is 0 Å². The Labute approximate surface area is 241 Å². The maximum atomic E-state index is 11.5.